The van der Waals surface area contributed by atoms with E-state index >= 15 is 0 Å². The van der Waals surface area contributed by atoms with E-state index in [1.807, 2.05) is 0 Å². The molecule has 1 aromatic carbocycles. The molecule has 0 spiro atoms. The number of nitrogens with one attached hydrogen (secondary N) is 1. The van der Waals surface area contributed by atoms with Gasteiger partial charge in [-0.3, -0.25) is 4.79 Å². The van der Waals surface area contributed by atoms with E-state index in [1.165, 1.54) is 6.07 Å². The molecular weight excluding hydrogens is 369 g/mol. The van der Waals surface area contributed by atoms with Crippen LogP contribution in [0.3, 0.4) is 0 Å². The minimum absolute atomic E-state index is 0. The van der Waals surface area contributed by atoms with E-state index in [4.69, 9.17) is 16.3 Å². The summed E-state index contributed by atoms with van der Waals surface area (Å²) in [6, 6.07) is 4.30. The van der Waals surface area contributed by atoms with Crippen molar-refractivity contribution in [1.29, 1.82) is 0 Å². The number of rotatable bonds is 4. The van der Waals surface area contributed by atoms with Gasteiger partial charge < -0.3 is 20.3 Å². The maximum absolute atomic E-state index is 11.4. The second kappa shape index (κ2) is 8.25. The van der Waals surface area contributed by atoms with Gasteiger partial charge in [0.05, 0.1) is 11.1 Å². The van der Waals surface area contributed by atoms with Crippen molar-refractivity contribution < 1.29 is 24.5 Å². The zero-order chi connectivity index (χ0) is 17.3. The third-order valence-corrected chi connectivity index (χ3v) is 5.35. The average molecular weight is 390 g/mol. The van der Waals surface area contributed by atoms with Crippen molar-refractivity contribution in [2.24, 2.45) is 11.8 Å². The molecular formula is C17H21Cl2NO5. The second-order valence-electron chi connectivity index (χ2n) is 6.53. The van der Waals surface area contributed by atoms with Crippen LogP contribution in [0.5, 0.6) is 5.75 Å². The van der Waals surface area contributed by atoms with Crippen molar-refractivity contribution in [3.05, 3.63) is 28.8 Å². The number of piperidine rings is 1. The summed E-state index contributed by atoms with van der Waals surface area (Å²) in [4.78, 5) is 22.6. The van der Waals surface area contributed by atoms with Gasteiger partial charge in [-0.2, -0.15) is 0 Å². The molecule has 138 valence electrons. The number of carboxylic acid groups (broad SMARTS) is 2. The summed E-state index contributed by atoms with van der Waals surface area (Å²) in [5.41, 5.74) is -0.0185. The van der Waals surface area contributed by atoms with E-state index in [0.29, 0.717) is 18.9 Å². The van der Waals surface area contributed by atoms with Gasteiger partial charge in [-0.25, -0.2) is 4.79 Å². The van der Waals surface area contributed by atoms with E-state index in [2.05, 4.69) is 5.32 Å². The summed E-state index contributed by atoms with van der Waals surface area (Å²) >= 11 is 5.97. The molecule has 1 saturated carbocycles. The second-order valence-corrected chi connectivity index (χ2v) is 6.93. The largest absolute Gasteiger partial charge is 0.489 e. The van der Waals surface area contributed by atoms with Crippen LogP contribution in [0.15, 0.2) is 18.2 Å². The first kappa shape index (κ1) is 19.8. The molecule has 1 aliphatic carbocycles. The normalized spacial score (nSPS) is 28.4. The zero-order valence-electron chi connectivity index (χ0n) is 13.5. The Hall–Kier alpha value is -1.50. The van der Waals surface area contributed by atoms with Gasteiger partial charge in [-0.1, -0.05) is 17.7 Å². The predicted octanol–water partition coefficient (Wildman–Crippen LogP) is 3.07. The predicted molar refractivity (Wildman–Crippen MR) is 94.9 cm³/mol. The zero-order valence-corrected chi connectivity index (χ0v) is 15.1. The van der Waals surface area contributed by atoms with Gasteiger partial charge in [0.1, 0.15) is 17.4 Å². The van der Waals surface area contributed by atoms with Crippen molar-refractivity contribution in [1.82, 2.24) is 5.32 Å². The first-order chi connectivity index (χ1) is 11.5. The van der Waals surface area contributed by atoms with Crippen LogP contribution in [-0.2, 0) is 4.79 Å². The van der Waals surface area contributed by atoms with Gasteiger partial charge in [0.15, 0.2) is 0 Å². The summed E-state index contributed by atoms with van der Waals surface area (Å²) in [6.07, 6.45) is 2.97. The number of fused-ring (bicyclic) bond motifs is 1. The fourth-order valence-corrected chi connectivity index (χ4v) is 4.05. The maximum atomic E-state index is 11.4. The fraction of sp³-hybridized carbons (Fsp3) is 0.529. The smallest absolute Gasteiger partial charge is 0.341 e. The van der Waals surface area contributed by atoms with Crippen molar-refractivity contribution >= 4 is 35.9 Å². The number of ether oxygens (including phenoxy) is 1. The molecule has 1 heterocycles. The highest BCUT2D eigenvalue weighted by atomic mass is 35.5. The molecule has 0 radical (unpaired) electrons. The molecule has 1 aliphatic heterocycles. The summed E-state index contributed by atoms with van der Waals surface area (Å²) in [7, 11) is 0. The Bertz CT molecular complexity index is 654. The van der Waals surface area contributed by atoms with Gasteiger partial charge in [0.25, 0.3) is 0 Å². The summed E-state index contributed by atoms with van der Waals surface area (Å²) in [5.74, 6) is -0.920. The molecule has 0 bridgehead atoms. The molecule has 8 heteroatoms. The Balaban J connectivity index is 0.00000225. The SMILES string of the molecule is Cl.O=C(O)c1c(Cl)cccc1OC1CCC2CNC(C(=O)O)CC2C1. The van der Waals surface area contributed by atoms with Gasteiger partial charge in [-0.05, 0) is 56.2 Å². The number of halogens is 2. The highest BCUT2D eigenvalue weighted by Gasteiger charge is 2.38. The highest BCUT2D eigenvalue weighted by Crippen LogP contribution is 2.38. The summed E-state index contributed by atoms with van der Waals surface area (Å²) in [5, 5.41) is 21.7. The molecule has 25 heavy (non-hydrogen) atoms. The number of hydrogen-bond donors (Lipinski definition) is 3. The van der Waals surface area contributed by atoms with Crippen molar-refractivity contribution in [2.45, 2.75) is 37.8 Å². The molecule has 3 N–H and O–H groups in total. The van der Waals surface area contributed by atoms with Crippen LogP contribution in [0, 0.1) is 11.8 Å². The van der Waals surface area contributed by atoms with E-state index < -0.39 is 18.0 Å². The molecule has 0 aromatic heterocycles. The average Bonchev–Trinajstić information content (AvgIpc) is 2.53. The van der Waals surface area contributed by atoms with Crippen LogP contribution in [0.25, 0.3) is 0 Å². The number of carboxylic acids is 2. The third kappa shape index (κ3) is 4.37. The van der Waals surface area contributed by atoms with E-state index in [0.717, 1.165) is 19.3 Å². The summed E-state index contributed by atoms with van der Waals surface area (Å²) < 4.78 is 5.94. The molecule has 1 aromatic rings. The number of benzene rings is 1. The number of aromatic carboxylic acids is 1. The lowest BCUT2D eigenvalue weighted by atomic mass is 9.72. The Labute approximate surface area is 156 Å². The van der Waals surface area contributed by atoms with Crippen LogP contribution in [0.2, 0.25) is 5.02 Å². The lowest BCUT2D eigenvalue weighted by Gasteiger charge is -2.41. The molecule has 6 nitrogen and oxygen atoms in total. The molecule has 0 amide bonds. The van der Waals surface area contributed by atoms with Crippen LogP contribution in [-0.4, -0.2) is 40.8 Å². The lowest BCUT2D eigenvalue weighted by molar-refractivity contribution is -0.141. The number of hydrogen-bond acceptors (Lipinski definition) is 4. The van der Waals surface area contributed by atoms with Crippen molar-refractivity contribution in [2.75, 3.05) is 6.54 Å². The Morgan fingerprint density at radius 2 is 1.92 bits per heavy atom. The Kier molecular flexibility index (Phi) is 6.54. The minimum Gasteiger partial charge on any atom is -0.489 e. The third-order valence-electron chi connectivity index (χ3n) is 5.04. The van der Waals surface area contributed by atoms with Crippen LogP contribution in [0.4, 0.5) is 0 Å². The van der Waals surface area contributed by atoms with Crippen LogP contribution >= 0.6 is 24.0 Å². The molecule has 3 rings (SSSR count). The quantitative estimate of drug-likeness (QED) is 0.732. The number of carbonyl (C=O) groups is 2. The first-order valence-electron chi connectivity index (χ1n) is 8.10. The minimum atomic E-state index is -1.11. The topological polar surface area (TPSA) is 95.9 Å². The Morgan fingerprint density at radius 1 is 1.16 bits per heavy atom. The molecule has 4 atom stereocenters. The monoisotopic (exact) mass is 389 g/mol. The van der Waals surface area contributed by atoms with Crippen molar-refractivity contribution in [3.8, 4) is 5.75 Å². The standard InChI is InChI=1S/C17H20ClNO5.ClH/c18-12-2-1-3-14(15(12)17(22)23)24-11-5-4-9-8-19-13(16(20)21)7-10(9)6-11;/h1-3,9-11,13,19H,4-8H2,(H,20,21)(H,22,23);1H. The first-order valence-corrected chi connectivity index (χ1v) is 8.48. The number of aliphatic carboxylic acids is 1. The van der Waals surface area contributed by atoms with E-state index in [-0.39, 0.29) is 40.8 Å². The molecule has 2 fully saturated rings. The molecule has 1 saturated heterocycles. The molecule has 2 aliphatic rings. The van der Waals surface area contributed by atoms with Gasteiger partial charge in [-0.15, -0.1) is 12.4 Å². The van der Waals surface area contributed by atoms with Crippen LogP contribution in [0.1, 0.15) is 36.0 Å². The molecule has 4 unspecified atom stereocenters. The van der Waals surface area contributed by atoms with Crippen molar-refractivity contribution in [3.63, 3.8) is 0 Å². The fourth-order valence-electron chi connectivity index (χ4n) is 3.81. The highest BCUT2D eigenvalue weighted by molar-refractivity contribution is 6.33. The van der Waals surface area contributed by atoms with Gasteiger partial charge in [0, 0.05) is 0 Å². The maximum Gasteiger partial charge on any atom is 0.341 e. The van der Waals surface area contributed by atoms with E-state index in [1.54, 1.807) is 12.1 Å². The lowest BCUT2D eigenvalue weighted by Crippen LogP contribution is -2.50. The van der Waals surface area contributed by atoms with Gasteiger partial charge >= 0.3 is 11.9 Å². The Morgan fingerprint density at radius 3 is 2.60 bits per heavy atom. The van der Waals surface area contributed by atoms with E-state index in [9.17, 15) is 19.8 Å². The van der Waals surface area contributed by atoms with Crippen LogP contribution < -0.4 is 10.1 Å². The summed E-state index contributed by atoms with van der Waals surface area (Å²) in [6.45, 7) is 0.714. The van der Waals surface area contributed by atoms with Gasteiger partial charge in [0.2, 0.25) is 0 Å².